The SMILES string of the molecule is Cc1cccc([N+](=O)[O-])c1Oc1ncccc1[C@@H](C)O. The van der Waals surface area contributed by atoms with Gasteiger partial charge in [-0.2, -0.15) is 0 Å². The van der Waals surface area contributed by atoms with Crippen LogP contribution in [0.4, 0.5) is 5.69 Å². The van der Waals surface area contributed by atoms with E-state index in [1.807, 2.05) is 0 Å². The van der Waals surface area contributed by atoms with Gasteiger partial charge in [0, 0.05) is 17.8 Å². The summed E-state index contributed by atoms with van der Waals surface area (Å²) in [5, 5.41) is 20.7. The molecule has 1 aromatic heterocycles. The highest BCUT2D eigenvalue weighted by Crippen LogP contribution is 2.35. The lowest BCUT2D eigenvalue weighted by molar-refractivity contribution is -0.385. The first-order valence-corrected chi connectivity index (χ1v) is 6.05. The topological polar surface area (TPSA) is 85.5 Å². The molecule has 0 aliphatic carbocycles. The first-order valence-electron chi connectivity index (χ1n) is 6.05. The fourth-order valence-corrected chi connectivity index (χ4v) is 1.82. The van der Waals surface area contributed by atoms with Gasteiger partial charge in [-0.25, -0.2) is 4.98 Å². The number of hydrogen-bond donors (Lipinski definition) is 1. The summed E-state index contributed by atoms with van der Waals surface area (Å²) in [6, 6.07) is 8.01. The lowest BCUT2D eigenvalue weighted by Gasteiger charge is -2.13. The van der Waals surface area contributed by atoms with Gasteiger partial charge in [0.15, 0.2) is 0 Å². The number of aromatic nitrogens is 1. The summed E-state index contributed by atoms with van der Waals surface area (Å²) in [5.74, 6) is 0.304. The smallest absolute Gasteiger partial charge is 0.311 e. The molecule has 0 saturated carbocycles. The number of pyridine rings is 1. The van der Waals surface area contributed by atoms with Crippen LogP contribution in [0.25, 0.3) is 0 Å². The number of rotatable bonds is 4. The molecule has 1 aromatic carbocycles. The highest BCUT2D eigenvalue weighted by Gasteiger charge is 2.20. The largest absolute Gasteiger partial charge is 0.431 e. The summed E-state index contributed by atoms with van der Waals surface area (Å²) in [5.41, 5.74) is 0.971. The van der Waals surface area contributed by atoms with Gasteiger partial charge in [0.1, 0.15) is 0 Å². The molecule has 0 amide bonds. The van der Waals surface area contributed by atoms with Gasteiger partial charge < -0.3 is 9.84 Å². The number of hydrogen-bond acceptors (Lipinski definition) is 5. The van der Waals surface area contributed by atoms with Gasteiger partial charge in [-0.05, 0) is 31.5 Å². The quantitative estimate of drug-likeness (QED) is 0.683. The van der Waals surface area contributed by atoms with Crippen molar-refractivity contribution in [2.75, 3.05) is 0 Å². The molecule has 0 radical (unpaired) electrons. The lowest BCUT2D eigenvalue weighted by Crippen LogP contribution is -2.01. The molecule has 0 bridgehead atoms. The molecule has 2 aromatic rings. The predicted octanol–water partition coefficient (Wildman–Crippen LogP) is 3.14. The second-order valence-corrected chi connectivity index (χ2v) is 4.36. The van der Waals surface area contributed by atoms with E-state index in [0.29, 0.717) is 11.1 Å². The number of ether oxygens (including phenoxy) is 1. The van der Waals surface area contributed by atoms with Gasteiger partial charge in [-0.3, -0.25) is 10.1 Å². The highest BCUT2D eigenvalue weighted by molar-refractivity contribution is 5.53. The Bertz CT molecular complexity index is 641. The van der Waals surface area contributed by atoms with Crippen molar-refractivity contribution in [3.8, 4) is 11.6 Å². The van der Waals surface area contributed by atoms with E-state index in [2.05, 4.69) is 4.98 Å². The fourth-order valence-electron chi connectivity index (χ4n) is 1.82. The molecule has 1 atom stereocenters. The molecule has 0 fully saturated rings. The Morgan fingerprint density at radius 2 is 2.10 bits per heavy atom. The molecule has 0 unspecified atom stereocenters. The van der Waals surface area contributed by atoms with Crippen molar-refractivity contribution in [1.82, 2.24) is 4.98 Å². The average molecular weight is 274 g/mol. The summed E-state index contributed by atoms with van der Waals surface area (Å²) in [6.07, 6.45) is 0.729. The van der Waals surface area contributed by atoms with Gasteiger partial charge in [-0.1, -0.05) is 12.1 Å². The summed E-state index contributed by atoms with van der Waals surface area (Å²) in [4.78, 5) is 14.6. The normalized spacial score (nSPS) is 11.9. The van der Waals surface area contributed by atoms with Crippen LogP contribution in [-0.4, -0.2) is 15.0 Å². The number of aliphatic hydroxyl groups is 1. The summed E-state index contributed by atoms with van der Waals surface area (Å²) in [7, 11) is 0. The predicted molar refractivity (Wildman–Crippen MR) is 72.8 cm³/mol. The Morgan fingerprint density at radius 3 is 2.75 bits per heavy atom. The van der Waals surface area contributed by atoms with Crippen molar-refractivity contribution in [2.24, 2.45) is 0 Å². The zero-order valence-electron chi connectivity index (χ0n) is 11.1. The molecule has 20 heavy (non-hydrogen) atoms. The van der Waals surface area contributed by atoms with E-state index in [4.69, 9.17) is 4.74 Å². The molecule has 0 saturated heterocycles. The molecule has 6 nitrogen and oxygen atoms in total. The molecule has 6 heteroatoms. The second kappa shape index (κ2) is 5.66. The molecule has 1 heterocycles. The van der Waals surface area contributed by atoms with Crippen LogP contribution in [0.1, 0.15) is 24.2 Å². The Kier molecular flexibility index (Phi) is 3.95. The maximum Gasteiger partial charge on any atom is 0.311 e. The number of nitro groups is 1. The molecular weight excluding hydrogens is 260 g/mol. The van der Waals surface area contributed by atoms with E-state index in [1.54, 1.807) is 38.1 Å². The second-order valence-electron chi connectivity index (χ2n) is 4.36. The first-order chi connectivity index (χ1) is 9.50. The Balaban J connectivity index is 2.48. The molecule has 0 spiro atoms. The van der Waals surface area contributed by atoms with Gasteiger partial charge in [0.05, 0.1) is 11.0 Å². The number of aryl methyl sites for hydroxylation is 1. The Hall–Kier alpha value is -2.47. The molecule has 1 N–H and O–H groups in total. The monoisotopic (exact) mass is 274 g/mol. The molecular formula is C14H14N2O4. The van der Waals surface area contributed by atoms with Crippen LogP contribution in [0.3, 0.4) is 0 Å². The van der Waals surface area contributed by atoms with Gasteiger partial charge in [-0.15, -0.1) is 0 Å². The standard InChI is InChI=1S/C14H14N2O4/c1-9-5-3-7-12(16(18)19)13(9)20-14-11(10(2)17)6-4-8-15-14/h3-8,10,17H,1-2H3/t10-/m1/s1. The average Bonchev–Trinajstić information content (AvgIpc) is 2.41. The summed E-state index contributed by atoms with van der Waals surface area (Å²) in [6.45, 7) is 3.30. The first kappa shape index (κ1) is 14.0. The Labute approximate surface area is 115 Å². The molecule has 104 valence electrons. The minimum atomic E-state index is -0.776. The van der Waals surface area contributed by atoms with E-state index in [-0.39, 0.29) is 17.3 Å². The van der Waals surface area contributed by atoms with Gasteiger partial charge in [0.2, 0.25) is 11.6 Å². The van der Waals surface area contributed by atoms with E-state index in [0.717, 1.165) is 0 Å². The molecule has 0 aliphatic rings. The summed E-state index contributed by atoms with van der Waals surface area (Å²) >= 11 is 0. The zero-order valence-corrected chi connectivity index (χ0v) is 11.1. The maximum atomic E-state index is 11.0. The van der Waals surface area contributed by atoms with Crippen molar-refractivity contribution in [2.45, 2.75) is 20.0 Å². The van der Waals surface area contributed by atoms with Crippen molar-refractivity contribution in [1.29, 1.82) is 0 Å². The van der Waals surface area contributed by atoms with E-state index >= 15 is 0 Å². The van der Waals surface area contributed by atoms with Crippen molar-refractivity contribution < 1.29 is 14.8 Å². The van der Waals surface area contributed by atoms with Crippen LogP contribution >= 0.6 is 0 Å². The van der Waals surface area contributed by atoms with Crippen LogP contribution < -0.4 is 4.74 Å². The minimum Gasteiger partial charge on any atom is -0.431 e. The number of benzene rings is 1. The van der Waals surface area contributed by atoms with Crippen LogP contribution in [0, 0.1) is 17.0 Å². The van der Waals surface area contributed by atoms with Crippen LogP contribution in [-0.2, 0) is 0 Å². The van der Waals surface area contributed by atoms with Gasteiger partial charge >= 0.3 is 5.69 Å². The zero-order chi connectivity index (χ0) is 14.7. The number of nitro benzene ring substituents is 1. The van der Waals surface area contributed by atoms with Gasteiger partial charge in [0.25, 0.3) is 0 Å². The van der Waals surface area contributed by atoms with Crippen LogP contribution in [0.15, 0.2) is 36.5 Å². The van der Waals surface area contributed by atoms with Crippen LogP contribution in [0.2, 0.25) is 0 Å². The number of para-hydroxylation sites is 1. The van der Waals surface area contributed by atoms with E-state index in [9.17, 15) is 15.2 Å². The lowest BCUT2D eigenvalue weighted by atomic mass is 10.1. The Morgan fingerprint density at radius 1 is 1.35 bits per heavy atom. The number of nitrogens with zero attached hydrogens (tertiary/aromatic N) is 2. The maximum absolute atomic E-state index is 11.0. The van der Waals surface area contributed by atoms with Crippen molar-refractivity contribution in [3.05, 3.63) is 57.8 Å². The van der Waals surface area contributed by atoms with Crippen molar-refractivity contribution >= 4 is 5.69 Å². The minimum absolute atomic E-state index is 0.132. The third kappa shape index (κ3) is 2.75. The third-order valence-electron chi connectivity index (χ3n) is 2.84. The van der Waals surface area contributed by atoms with E-state index in [1.165, 1.54) is 12.3 Å². The third-order valence-corrected chi connectivity index (χ3v) is 2.84. The van der Waals surface area contributed by atoms with Crippen molar-refractivity contribution in [3.63, 3.8) is 0 Å². The summed E-state index contributed by atoms with van der Waals surface area (Å²) < 4.78 is 5.58. The highest BCUT2D eigenvalue weighted by atomic mass is 16.6. The molecule has 0 aliphatic heterocycles. The van der Waals surface area contributed by atoms with E-state index < -0.39 is 11.0 Å². The molecule has 2 rings (SSSR count). The fraction of sp³-hybridized carbons (Fsp3) is 0.214. The van der Waals surface area contributed by atoms with Crippen LogP contribution in [0.5, 0.6) is 11.6 Å². The number of aliphatic hydroxyl groups excluding tert-OH is 1.